The fraction of sp³-hybridized carbons (Fsp3) is 0.350. The predicted octanol–water partition coefficient (Wildman–Crippen LogP) is 2.64. The molecule has 0 spiro atoms. The van der Waals surface area contributed by atoms with Crippen LogP contribution in [0.3, 0.4) is 0 Å². The molecule has 9 nitrogen and oxygen atoms in total. The topological polar surface area (TPSA) is 106 Å². The molecule has 0 fully saturated rings. The van der Waals surface area contributed by atoms with Gasteiger partial charge >= 0.3 is 5.97 Å². The largest absolute Gasteiger partial charge is 0.462 e. The molecule has 0 saturated heterocycles. The van der Waals surface area contributed by atoms with Gasteiger partial charge in [-0.2, -0.15) is 0 Å². The van der Waals surface area contributed by atoms with Gasteiger partial charge < -0.3 is 15.4 Å². The molecule has 158 valence electrons. The molecular formula is C20H25N7O2S. The number of carbonyl (C=O) groups excluding carboxylic acids is 1. The van der Waals surface area contributed by atoms with E-state index in [1.54, 1.807) is 32.7 Å². The summed E-state index contributed by atoms with van der Waals surface area (Å²) in [5.74, 6) is 1.10. The molecule has 0 radical (unpaired) electrons. The van der Waals surface area contributed by atoms with Crippen LogP contribution < -0.4 is 10.6 Å². The van der Waals surface area contributed by atoms with Crippen LogP contribution in [0.15, 0.2) is 42.0 Å². The van der Waals surface area contributed by atoms with E-state index >= 15 is 0 Å². The van der Waals surface area contributed by atoms with Gasteiger partial charge in [0.15, 0.2) is 5.96 Å². The molecule has 10 heteroatoms. The quantitative estimate of drug-likeness (QED) is 0.339. The molecule has 3 aromatic heterocycles. The Morgan fingerprint density at radius 2 is 2.23 bits per heavy atom. The third kappa shape index (κ3) is 5.20. The van der Waals surface area contributed by atoms with Gasteiger partial charge in [0.05, 0.1) is 18.3 Å². The molecular weight excluding hydrogens is 402 g/mol. The second-order valence-corrected chi connectivity index (χ2v) is 7.50. The van der Waals surface area contributed by atoms with Crippen LogP contribution in [0.4, 0.5) is 0 Å². The maximum Gasteiger partial charge on any atom is 0.350 e. The standard InChI is InChI=1S/C20H25N7O2S/c1-5-29-19(28)17-13(2)25-18(30-17)14(3)26-20(21-4)24-11-15-6-7-23-16(10-15)27-9-8-22-12-27/h6-10,12,14H,5,11H2,1-4H3,(H2,21,24,26). The molecule has 3 rings (SSSR count). The fourth-order valence-corrected chi connectivity index (χ4v) is 3.71. The average molecular weight is 428 g/mol. The van der Waals surface area contributed by atoms with Crippen LogP contribution in [-0.2, 0) is 11.3 Å². The lowest BCUT2D eigenvalue weighted by molar-refractivity contribution is 0.0531. The van der Waals surface area contributed by atoms with Crippen LogP contribution in [0.25, 0.3) is 5.82 Å². The van der Waals surface area contributed by atoms with E-state index in [4.69, 9.17) is 4.74 Å². The average Bonchev–Trinajstić information content (AvgIpc) is 3.41. The Kier molecular flexibility index (Phi) is 7.12. The fourth-order valence-electron chi connectivity index (χ4n) is 2.74. The zero-order valence-electron chi connectivity index (χ0n) is 17.4. The summed E-state index contributed by atoms with van der Waals surface area (Å²) in [5, 5.41) is 7.40. The van der Waals surface area contributed by atoms with Gasteiger partial charge in [0.1, 0.15) is 22.0 Å². The van der Waals surface area contributed by atoms with Crippen LogP contribution in [-0.4, -0.2) is 45.1 Å². The minimum absolute atomic E-state index is 0.123. The third-order valence-electron chi connectivity index (χ3n) is 4.26. The second kappa shape index (κ2) is 9.97. The van der Waals surface area contributed by atoms with Crippen molar-refractivity contribution in [3.63, 3.8) is 0 Å². The summed E-state index contributed by atoms with van der Waals surface area (Å²) in [5.41, 5.74) is 1.73. The molecule has 0 amide bonds. The normalized spacial score (nSPS) is 12.5. The summed E-state index contributed by atoms with van der Waals surface area (Å²) in [6.45, 7) is 6.49. The first-order valence-electron chi connectivity index (χ1n) is 9.56. The van der Waals surface area contributed by atoms with Crippen LogP contribution in [0, 0.1) is 6.92 Å². The number of nitrogens with zero attached hydrogens (tertiary/aromatic N) is 5. The van der Waals surface area contributed by atoms with Gasteiger partial charge in [-0.15, -0.1) is 11.3 Å². The Hall–Kier alpha value is -3.27. The first kappa shape index (κ1) is 21.4. The van der Waals surface area contributed by atoms with Gasteiger partial charge in [-0.25, -0.2) is 19.7 Å². The Morgan fingerprint density at radius 1 is 1.40 bits per heavy atom. The zero-order valence-corrected chi connectivity index (χ0v) is 18.2. The van der Waals surface area contributed by atoms with Crippen LogP contribution in [0.5, 0.6) is 0 Å². The maximum atomic E-state index is 12.0. The van der Waals surface area contributed by atoms with Crippen molar-refractivity contribution in [2.24, 2.45) is 4.99 Å². The Balaban J connectivity index is 1.62. The summed E-state index contributed by atoms with van der Waals surface area (Å²) in [4.78, 5) is 29.8. The smallest absolute Gasteiger partial charge is 0.350 e. The van der Waals surface area contributed by atoms with Gasteiger partial charge in [0, 0.05) is 32.2 Å². The number of imidazole rings is 1. The summed E-state index contributed by atoms with van der Waals surface area (Å²) >= 11 is 1.34. The van der Waals surface area contributed by atoms with E-state index < -0.39 is 0 Å². The molecule has 0 aliphatic rings. The lowest BCUT2D eigenvalue weighted by Gasteiger charge is -2.16. The number of thiazole rings is 1. The number of hydrogen-bond acceptors (Lipinski definition) is 7. The number of nitrogens with one attached hydrogen (secondary N) is 2. The number of aromatic nitrogens is 4. The highest BCUT2D eigenvalue weighted by Crippen LogP contribution is 2.24. The van der Waals surface area contributed by atoms with Crippen molar-refractivity contribution < 1.29 is 9.53 Å². The molecule has 1 unspecified atom stereocenters. The molecule has 1 atom stereocenters. The summed E-state index contributed by atoms with van der Waals surface area (Å²) in [6.07, 6.45) is 7.04. The molecule has 0 aliphatic carbocycles. The number of aryl methyl sites for hydroxylation is 1. The summed E-state index contributed by atoms with van der Waals surface area (Å²) in [6, 6.07) is 3.81. The van der Waals surface area contributed by atoms with Gasteiger partial charge in [-0.05, 0) is 38.5 Å². The van der Waals surface area contributed by atoms with Crippen molar-refractivity contribution >= 4 is 23.3 Å². The van der Waals surface area contributed by atoms with Gasteiger partial charge in [-0.3, -0.25) is 9.56 Å². The van der Waals surface area contributed by atoms with E-state index in [9.17, 15) is 4.79 Å². The number of guanidine groups is 1. The van der Waals surface area contributed by atoms with E-state index in [0.717, 1.165) is 16.4 Å². The lowest BCUT2D eigenvalue weighted by atomic mass is 10.2. The van der Waals surface area contributed by atoms with Crippen molar-refractivity contribution in [1.29, 1.82) is 0 Å². The SMILES string of the molecule is CCOC(=O)c1sc(C(C)NC(=NC)NCc2ccnc(-n3ccnc3)c2)nc1C. The number of esters is 1. The molecule has 0 bridgehead atoms. The van der Waals surface area contributed by atoms with Crippen molar-refractivity contribution in [3.05, 3.63) is 58.2 Å². The minimum atomic E-state index is -0.333. The molecule has 0 aliphatic heterocycles. The van der Waals surface area contributed by atoms with E-state index in [0.29, 0.717) is 29.7 Å². The van der Waals surface area contributed by atoms with Gasteiger partial charge in [-0.1, -0.05) is 0 Å². The number of carbonyl (C=O) groups is 1. The van der Waals surface area contributed by atoms with Crippen LogP contribution in [0.1, 0.15) is 45.8 Å². The van der Waals surface area contributed by atoms with E-state index in [1.807, 2.05) is 36.7 Å². The lowest BCUT2D eigenvalue weighted by Crippen LogP contribution is -2.38. The Bertz CT molecular complexity index is 1010. The molecule has 3 aromatic rings. The summed E-state index contributed by atoms with van der Waals surface area (Å²) < 4.78 is 6.94. The van der Waals surface area contributed by atoms with Gasteiger partial charge in [0.25, 0.3) is 0 Å². The molecule has 3 heterocycles. The first-order valence-corrected chi connectivity index (χ1v) is 10.4. The first-order chi connectivity index (χ1) is 14.5. The van der Waals surface area contributed by atoms with E-state index in [2.05, 4.69) is 30.6 Å². The zero-order chi connectivity index (χ0) is 21.5. The number of ether oxygens (including phenoxy) is 1. The number of pyridine rings is 1. The monoisotopic (exact) mass is 427 g/mol. The minimum Gasteiger partial charge on any atom is -0.462 e. The maximum absolute atomic E-state index is 12.0. The summed E-state index contributed by atoms with van der Waals surface area (Å²) in [7, 11) is 1.71. The number of rotatable bonds is 7. The highest BCUT2D eigenvalue weighted by molar-refractivity contribution is 7.13. The highest BCUT2D eigenvalue weighted by Gasteiger charge is 2.20. The molecule has 0 aromatic carbocycles. The van der Waals surface area contributed by atoms with E-state index in [-0.39, 0.29) is 12.0 Å². The highest BCUT2D eigenvalue weighted by atomic mass is 32.1. The van der Waals surface area contributed by atoms with Crippen molar-refractivity contribution in [3.8, 4) is 5.82 Å². The van der Waals surface area contributed by atoms with Crippen LogP contribution >= 0.6 is 11.3 Å². The molecule has 30 heavy (non-hydrogen) atoms. The van der Waals surface area contributed by atoms with Crippen molar-refractivity contribution in [1.82, 2.24) is 30.2 Å². The molecule has 0 saturated carbocycles. The van der Waals surface area contributed by atoms with Crippen LogP contribution in [0.2, 0.25) is 0 Å². The number of hydrogen-bond donors (Lipinski definition) is 2. The Labute approximate surface area is 179 Å². The second-order valence-electron chi connectivity index (χ2n) is 6.47. The third-order valence-corrected chi connectivity index (χ3v) is 5.58. The van der Waals surface area contributed by atoms with Gasteiger partial charge in [0.2, 0.25) is 0 Å². The van der Waals surface area contributed by atoms with Crippen molar-refractivity contribution in [2.75, 3.05) is 13.7 Å². The Morgan fingerprint density at radius 3 is 2.93 bits per heavy atom. The number of aliphatic imine (C=N–C) groups is 1. The molecule has 2 N–H and O–H groups in total. The van der Waals surface area contributed by atoms with Crippen molar-refractivity contribution in [2.45, 2.75) is 33.4 Å². The van der Waals surface area contributed by atoms with E-state index in [1.165, 1.54) is 11.3 Å². The predicted molar refractivity (Wildman–Crippen MR) is 116 cm³/mol.